The van der Waals surface area contributed by atoms with Crippen molar-refractivity contribution in [2.45, 2.75) is 12.5 Å². The number of nitrogens with zero attached hydrogens (tertiary/aromatic N) is 1. The van der Waals surface area contributed by atoms with Gasteiger partial charge in [-0.05, 0) is 31.3 Å². The second-order valence-corrected chi connectivity index (χ2v) is 5.30. The van der Waals surface area contributed by atoms with Crippen LogP contribution in [0, 0.1) is 0 Å². The van der Waals surface area contributed by atoms with Crippen molar-refractivity contribution in [1.29, 1.82) is 0 Å². The Morgan fingerprint density at radius 3 is 2.65 bits per heavy atom. The Labute approximate surface area is 134 Å². The number of rotatable bonds is 6. The monoisotopic (exact) mass is 309 g/mol. The summed E-state index contributed by atoms with van der Waals surface area (Å²) in [5.41, 5.74) is 1.50. The Balaban J connectivity index is 1.92. The SMILES string of the molecule is CNCC[C@H](Oc1nc2ccccc2c(=O)[nH]1)c1ccccc1. The molecule has 0 spiro atoms. The standard InChI is InChI=1S/C18H19N3O2/c1-19-12-11-16(13-7-3-2-4-8-13)23-18-20-15-10-6-5-9-14(15)17(22)21-18/h2-10,16,19H,11-12H2,1H3,(H,20,21,22)/t16-/m0/s1. The first-order valence-electron chi connectivity index (χ1n) is 7.63. The van der Waals surface area contributed by atoms with Gasteiger partial charge in [0.15, 0.2) is 0 Å². The molecule has 0 aliphatic heterocycles. The summed E-state index contributed by atoms with van der Waals surface area (Å²) in [5, 5.41) is 3.68. The molecule has 1 atom stereocenters. The quantitative estimate of drug-likeness (QED) is 0.734. The molecule has 0 fully saturated rings. The first-order valence-corrected chi connectivity index (χ1v) is 7.63. The number of hydrogen-bond donors (Lipinski definition) is 2. The third-order valence-corrected chi connectivity index (χ3v) is 3.67. The molecule has 118 valence electrons. The van der Waals surface area contributed by atoms with Crippen LogP contribution in [0.5, 0.6) is 6.01 Å². The number of benzene rings is 2. The highest BCUT2D eigenvalue weighted by Crippen LogP contribution is 2.22. The van der Waals surface area contributed by atoms with Crippen molar-refractivity contribution in [3.8, 4) is 6.01 Å². The number of para-hydroxylation sites is 1. The predicted octanol–water partition coefficient (Wildman–Crippen LogP) is 2.65. The van der Waals surface area contributed by atoms with Crippen LogP contribution in [0.1, 0.15) is 18.1 Å². The van der Waals surface area contributed by atoms with Gasteiger partial charge >= 0.3 is 0 Å². The van der Waals surface area contributed by atoms with E-state index in [0.717, 1.165) is 18.5 Å². The van der Waals surface area contributed by atoms with Gasteiger partial charge in [-0.3, -0.25) is 9.78 Å². The van der Waals surface area contributed by atoms with E-state index >= 15 is 0 Å². The second kappa shape index (κ2) is 7.07. The van der Waals surface area contributed by atoms with Gasteiger partial charge in [0.05, 0.1) is 10.9 Å². The van der Waals surface area contributed by atoms with Crippen molar-refractivity contribution in [1.82, 2.24) is 15.3 Å². The maximum Gasteiger partial charge on any atom is 0.297 e. The smallest absolute Gasteiger partial charge is 0.297 e. The minimum absolute atomic E-state index is 0.173. The second-order valence-electron chi connectivity index (χ2n) is 5.30. The summed E-state index contributed by atoms with van der Waals surface area (Å²) in [6, 6.07) is 17.4. The first kappa shape index (κ1) is 15.2. The lowest BCUT2D eigenvalue weighted by Gasteiger charge is -2.18. The van der Waals surface area contributed by atoms with Crippen LogP contribution in [-0.4, -0.2) is 23.6 Å². The Morgan fingerprint density at radius 1 is 1.13 bits per heavy atom. The number of nitrogens with one attached hydrogen (secondary N) is 2. The molecule has 1 aromatic heterocycles. The van der Waals surface area contributed by atoms with Crippen molar-refractivity contribution in [2.75, 3.05) is 13.6 Å². The molecule has 3 rings (SSSR count). The van der Waals surface area contributed by atoms with Gasteiger partial charge in [-0.15, -0.1) is 0 Å². The van der Waals surface area contributed by atoms with Gasteiger partial charge in [0.25, 0.3) is 11.6 Å². The van der Waals surface area contributed by atoms with Crippen LogP contribution < -0.4 is 15.6 Å². The molecular weight excluding hydrogens is 290 g/mol. The van der Waals surface area contributed by atoms with E-state index in [0.29, 0.717) is 10.9 Å². The first-order chi connectivity index (χ1) is 11.3. The van der Waals surface area contributed by atoms with Crippen LogP contribution in [0.25, 0.3) is 10.9 Å². The predicted molar refractivity (Wildman–Crippen MR) is 90.7 cm³/mol. The molecule has 5 heteroatoms. The zero-order chi connectivity index (χ0) is 16.1. The Bertz CT molecular complexity index is 830. The Hall–Kier alpha value is -2.66. The van der Waals surface area contributed by atoms with Crippen LogP contribution in [0.3, 0.4) is 0 Å². The molecule has 0 saturated carbocycles. The van der Waals surface area contributed by atoms with Gasteiger partial charge in [0, 0.05) is 6.42 Å². The molecule has 5 nitrogen and oxygen atoms in total. The third-order valence-electron chi connectivity index (χ3n) is 3.67. The van der Waals surface area contributed by atoms with E-state index in [1.54, 1.807) is 6.07 Å². The number of ether oxygens (including phenoxy) is 1. The summed E-state index contributed by atoms with van der Waals surface area (Å²) in [5.74, 6) is 0. The van der Waals surface area contributed by atoms with E-state index in [-0.39, 0.29) is 17.7 Å². The highest BCUT2D eigenvalue weighted by atomic mass is 16.5. The molecule has 0 unspecified atom stereocenters. The van der Waals surface area contributed by atoms with Crippen LogP contribution in [0.4, 0.5) is 0 Å². The lowest BCUT2D eigenvalue weighted by molar-refractivity contribution is 0.178. The minimum atomic E-state index is -0.189. The van der Waals surface area contributed by atoms with Gasteiger partial charge in [-0.1, -0.05) is 42.5 Å². The van der Waals surface area contributed by atoms with Crippen LogP contribution in [0.2, 0.25) is 0 Å². The van der Waals surface area contributed by atoms with E-state index in [1.807, 2.05) is 55.6 Å². The molecule has 2 aromatic carbocycles. The molecule has 2 N–H and O–H groups in total. The maximum atomic E-state index is 12.1. The summed E-state index contributed by atoms with van der Waals surface area (Å²) < 4.78 is 5.98. The van der Waals surface area contributed by atoms with Crippen molar-refractivity contribution in [3.05, 3.63) is 70.5 Å². The number of aromatic amines is 1. The topological polar surface area (TPSA) is 67.0 Å². The molecule has 0 bridgehead atoms. The van der Waals surface area contributed by atoms with E-state index in [9.17, 15) is 4.79 Å². The van der Waals surface area contributed by atoms with Gasteiger partial charge in [-0.25, -0.2) is 0 Å². The van der Waals surface area contributed by atoms with Gasteiger partial charge in [0.1, 0.15) is 6.10 Å². The van der Waals surface area contributed by atoms with Crippen molar-refractivity contribution >= 4 is 10.9 Å². The third kappa shape index (κ3) is 3.57. The van der Waals surface area contributed by atoms with Crippen LogP contribution in [-0.2, 0) is 0 Å². The molecule has 0 amide bonds. The molecule has 23 heavy (non-hydrogen) atoms. The molecule has 3 aromatic rings. The molecular formula is C18H19N3O2. The summed E-state index contributed by atoms with van der Waals surface area (Å²) in [7, 11) is 1.90. The normalized spacial score (nSPS) is 12.2. The maximum absolute atomic E-state index is 12.1. The lowest BCUT2D eigenvalue weighted by Crippen LogP contribution is -2.19. The highest BCUT2D eigenvalue weighted by molar-refractivity contribution is 5.77. The largest absolute Gasteiger partial charge is 0.456 e. The average molecular weight is 309 g/mol. The Morgan fingerprint density at radius 2 is 1.87 bits per heavy atom. The fraction of sp³-hybridized carbons (Fsp3) is 0.222. The van der Waals surface area contributed by atoms with Crippen molar-refractivity contribution < 1.29 is 4.74 Å². The zero-order valence-corrected chi connectivity index (χ0v) is 13.0. The van der Waals surface area contributed by atoms with Crippen molar-refractivity contribution in [2.24, 2.45) is 0 Å². The van der Waals surface area contributed by atoms with E-state index in [4.69, 9.17) is 4.74 Å². The van der Waals surface area contributed by atoms with Crippen LogP contribution >= 0.6 is 0 Å². The lowest BCUT2D eigenvalue weighted by atomic mass is 10.1. The number of aromatic nitrogens is 2. The van der Waals surface area contributed by atoms with E-state index in [2.05, 4.69) is 15.3 Å². The highest BCUT2D eigenvalue weighted by Gasteiger charge is 2.15. The van der Waals surface area contributed by atoms with E-state index in [1.165, 1.54) is 0 Å². The van der Waals surface area contributed by atoms with Crippen molar-refractivity contribution in [3.63, 3.8) is 0 Å². The summed E-state index contributed by atoms with van der Waals surface area (Å²) in [6.45, 7) is 0.803. The van der Waals surface area contributed by atoms with Gasteiger partial charge in [-0.2, -0.15) is 4.98 Å². The molecule has 1 heterocycles. The fourth-order valence-electron chi connectivity index (χ4n) is 2.49. The van der Waals surface area contributed by atoms with Crippen LogP contribution in [0.15, 0.2) is 59.4 Å². The summed E-state index contributed by atoms with van der Waals surface area (Å²) in [6.07, 6.45) is 0.602. The number of fused-ring (bicyclic) bond motifs is 1. The van der Waals surface area contributed by atoms with Gasteiger partial charge < -0.3 is 10.1 Å². The molecule has 0 saturated heterocycles. The zero-order valence-electron chi connectivity index (χ0n) is 13.0. The fourth-order valence-corrected chi connectivity index (χ4v) is 2.49. The molecule has 0 radical (unpaired) electrons. The van der Waals surface area contributed by atoms with Gasteiger partial charge in [0.2, 0.25) is 0 Å². The van der Waals surface area contributed by atoms with E-state index < -0.39 is 0 Å². The Kier molecular flexibility index (Phi) is 4.68. The number of hydrogen-bond acceptors (Lipinski definition) is 4. The summed E-state index contributed by atoms with van der Waals surface area (Å²) >= 11 is 0. The molecule has 0 aliphatic carbocycles. The number of H-pyrrole nitrogens is 1. The minimum Gasteiger partial charge on any atom is -0.456 e. The average Bonchev–Trinajstić information content (AvgIpc) is 2.59. The summed E-state index contributed by atoms with van der Waals surface area (Å²) in [4.78, 5) is 19.3. The molecule has 0 aliphatic rings.